The van der Waals surface area contributed by atoms with Crippen LogP contribution in [0.1, 0.15) is 13.3 Å². The largest absolute Gasteiger partial charge is 0.383 e. The predicted molar refractivity (Wildman–Crippen MR) is 67.9 cm³/mol. The smallest absolute Gasteiger partial charge is 0.0587 e. The van der Waals surface area contributed by atoms with E-state index in [0.717, 1.165) is 19.7 Å². The summed E-state index contributed by atoms with van der Waals surface area (Å²) >= 11 is 0. The molecule has 0 unspecified atom stereocenters. The zero-order chi connectivity index (χ0) is 11.6. The van der Waals surface area contributed by atoms with Crippen LogP contribution < -0.4 is 5.32 Å². The van der Waals surface area contributed by atoms with Gasteiger partial charge >= 0.3 is 0 Å². The quantitative estimate of drug-likeness (QED) is 0.604. The number of nitrogens with one attached hydrogen (secondary N) is 1. The molecular weight excluding hydrogens is 202 g/mol. The summed E-state index contributed by atoms with van der Waals surface area (Å²) in [7, 11) is 1.74. The van der Waals surface area contributed by atoms with Crippen LogP contribution >= 0.6 is 0 Å². The van der Waals surface area contributed by atoms with Gasteiger partial charge < -0.3 is 19.9 Å². The van der Waals surface area contributed by atoms with Crippen molar-refractivity contribution >= 4 is 0 Å². The highest BCUT2D eigenvalue weighted by Crippen LogP contribution is 2.01. The van der Waals surface area contributed by atoms with Gasteiger partial charge in [-0.2, -0.15) is 0 Å². The second kappa shape index (κ2) is 8.93. The topological polar surface area (TPSA) is 27.7 Å². The minimum atomic E-state index is 0.815. The van der Waals surface area contributed by atoms with Crippen molar-refractivity contribution in [2.45, 2.75) is 13.3 Å². The van der Waals surface area contributed by atoms with Gasteiger partial charge in [0.2, 0.25) is 0 Å². The minimum Gasteiger partial charge on any atom is -0.383 e. The Morgan fingerprint density at radius 3 is 2.38 bits per heavy atom. The number of piperazine rings is 1. The number of hydrogen-bond acceptors (Lipinski definition) is 4. The molecule has 0 aliphatic carbocycles. The second-order valence-corrected chi connectivity index (χ2v) is 4.37. The monoisotopic (exact) mass is 229 g/mol. The zero-order valence-corrected chi connectivity index (χ0v) is 10.9. The van der Waals surface area contributed by atoms with E-state index in [2.05, 4.69) is 22.0 Å². The molecule has 0 spiro atoms. The first-order valence-corrected chi connectivity index (χ1v) is 6.51. The fourth-order valence-electron chi connectivity index (χ4n) is 2.06. The van der Waals surface area contributed by atoms with Crippen LogP contribution in [0.5, 0.6) is 0 Å². The lowest BCUT2D eigenvalue weighted by atomic mass is 10.3. The number of nitrogens with zero attached hydrogens (tertiary/aromatic N) is 2. The van der Waals surface area contributed by atoms with Crippen molar-refractivity contribution in [2.75, 3.05) is 66.1 Å². The van der Waals surface area contributed by atoms with Gasteiger partial charge in [0.1, 0.15) is 0 Å². The van der Waals surface area contributed by atoms with E-state index in [0.29, 0.717) is 0 Å². The first-order chi connectivity index (χ1) is 7.86. The predicted octanol–water partition coefficient (Wildman–Crippen LogP) is 0.250. The van der Waals surface area contributed by atoms with E-state index in [-0.39, 0.29) is 0 Å². The van der Waals surface area contributed by atoms with E-state index < -0.39 is 0 Å². The Kier molecular flexibility index (Phi) is 7.76. The summed E-state index contributed by atoms with van der Waals surface area (Å²) < 4.78 is 4.98. The van der Waals surface area contributed by atoms with Gasteiger partial charge in [0, 0.05) is 39.8 Å². The summed E-state index contributed by atoms with van der Waals surface area (Å²) in [6, 6.07) is 0. The highest BCUT2D eigenvalue weighted by molar-refractivity contribution is 4.70. The summed E-state index contributed by atoms with van der Waals surface area (Å²) in [4.78, 5) is 5.09. The summed E-state index contributed by atoms with van der Waals surface area (Å²) in [5.74, 6) is 0. The van der Waals surface area contributed by atoms with E-state index >= 15 is 0 Å². The Morgan fingerprint density at radius 2 is 1.75 bits per heavy atom. The average Bonchev–Trinajstić information content (AvgIpc) is 2.34. The number of methoxy groups -OCH3 is 1. The molecule has 0 atom stereocenters. The molecule has 1 aliphatic rings. The molecule has 1 heterocycles. The van der Waals surface area contributed by atoms with Crippen molar-refractivity contribution in [3.63, 3.8) is 0 Å². The Labute approximate surface area is 99.9 Å². The standard InChI is InChI=1S/C12H27N3O/c1-3-14-8-10-15(11-9-14)7-4-5-13-6-12-16-2/h13H,3-12H2,1-2H3. The van der Waals surface area contributed by atoms with Crippen LogP contribution in [0.25, 0.3) is 0 Å². The highest BCUT2D eigenvalue weighted by Gasteiger charge is 2.14. The first kappa shape index (κ1) is 13.9. The van der Waals surface area contributed by atoms with E-state index in [4.69, 9.17) is 4.74 Å². The molecule has 0 aromatic heterocycles. The molecule has 16 heavy (non-hydrogen) atoms. The Morgan fingerprint density at radius 1 is 1.06 bits per heavy atom. The van der Waals surface area contributed by atoms with Gasteiger partial charge in [-0.25, -0.2) is 0 Å². The van der Waals surface area contributed by atoms with Gasteiger partial charge in [-0.3, -0.25) is 0 Å². The fourth-order valence-corrected chi connectivity index (χ4v) is 2.06. The molecule has 0 bridgehead atoms. The normalized spacial score (nSPS) is 19.1. The second-order valence-electron chi connectivity index (χ2n) is 4.37. The summed E-state index contributed by atoms with van der Waals surface area (Å²) in [6.07, 6.45) is 1.25. The Hall–Kier alpha value is -0.160. The van der Waals surface area contributed by atoms with Gasteiger partial charge in [-0.15, -0.1) is 0 Å². The maximum absolute atomic E-state index is 4.98. The van der Waals surface area contributed by atoms with Crippen LogP contribution in [0.4, 0.5) is 0 Å². The lowest BCUT2D eigenvalue weighted by Gasteiger charge is -2.33. The van der Waals surface area contributed by atoms with E-state index in [9.17, 15) is 0 Å². The summed E-state index contributed by atoms with van der Waals surface area (Å²) in [5.41, 5.74) is 0. The third kappa shape index (κ3) is 5.80. The van der Waals surface area contributed by atoms with Crippen molar-refractivity contribution in [1.82, 2.24) is 15.1 Å². The molecule has 1 N–H and O–H groups in total. The molecule has 1 rings (SSSR count). The highest BCUT2D eigenvalue weighted by atomic mass is 16.5. The van der Waals surface area contributed by atoms with Crippen LogP contribution in [0.2, 0.25) is 0 Å². The Balaban J connectivity index is 1.90. The van der Waals surface area contributed by atoms with Crippen LogP contribution in [0.3, 0.4) is 0 Å². The maximum Gasteiger partial charge on any atom is 0.0587 e. The molecule has 1 saturated heterocycles. The molecule has 4 nitrogen and oxygen atoms in total. The van der Waals surface area contributed by atoms with Crippen molar-refractivity contribution in [3.8, 4) is 0 Å². The van der Waals surface area contributed by atoms with Gasteiger partial charge in [-0.1, -0.05) is 6.92 Å². The number of hydrogen-bond donors (Lipinski definition) is 1. The fraction of sp³-hybridized carbons (Fsp3) is 1.00. The molecule has 1 aliphatic heterocycles. The number of ether oxygens (including phenoxy) is 1. The lowest BCUT2D eigenvalue weighted by Crippen LogP contribution is -2.46. The molecule has 0 radical (unpaired) electrons. The van der Waals surface area contributed by atoms with E-state index in [1.54, 1.807) is 7.11 Å². The lowest BCUT2D eigenvalue weighted by molar-refractivity contribution is 0.136. The molecule has 0 aromatic rings. The minimum absolute atomic E-state index is 0.815. The van der Waals surface area contributed by atoms with Crippen molar-refractivity contribution < 1.29 is 4.74 Å². The van der Waals surface area contributed by atoms with E-state index in [1.165, 1.54) is 45.7 Å². The molecule has 96 valence electrons. The Bertz CT molecular complexity index is 158. The molecule has 0 aromatic carbocycles. The number of rotatable bonds is 8. The van der Waals surface area contributed by atoms with Crippen molar-refractivity contribution in [3.05, 3.63) is 0 Å². The van der Waals surface area contributed by atoms with Crippen LogP contribution in [-0.4, -0.2) is 75.9 Å². The van der Waals surface area contributed by atoms with Crippen LogP contribution in [0.15, 0.2) is 0 Å². The van der Waals surface area contributed by atoms with Gasteiger partial charge in [0.15, 0.2) is 0 Å². The van der Waals surface area contributed by atoms with Gasteiger partial charge in [0.05, 0.1) is 6.61 Å². The molecule has 0 amide bonds. The van der Waals surface area contributed by atoms with E-state index in [1.807, 2.05) is 0 Å². The third-order valence-corrected chi connectivity index (χ3v) is 3.22. The van der Waals surface area contributed by atoms with Crippen molar-refractivity contribution in [1.29, 1.82) is 0 Å². The van der Waals surface area contributed by atoms with Crippen molar-refractivity contribution in [2.24, 2.45) is 0 Å². The molecule has 0 saturated carbocycles. The van der Waals surface area contributed by atoms with Crippen LogP contribution in [-0.2, 0) is 4.74 Å². The van der Waals surface area contributed by atoms with Crippen LogP contribution in [0, 0.1) is 0 Å². The SMILES string of the molecule is CCN1CCN(CCCNCCOC)CC1. The molecule has 4 heteroatoms. The number of likely N-dealkylation sites (N-methyl/N-ethyl adjacent to an activating group) is 1. The molecular formula is C12H27N3O. The maximum atomic E-state index is 4.98. The summed E-state index contributed by atoms with van der Waals surface area (Å²) in [6.45, 7) is 12.5. The average molecular weight is 229 g/mol. The van der Waals surface area contributed by atoms with Gasteiger partial charge in [0.25, 0.3) is 0 Å². The van der Waals surface area contributed by atoms with Gasteiger partial charge in [-0.05, 0) is 26.1 Å². The summed E-state index contributed by atoms with van der Waals surface area (Å²) in [5, 5.41) is 3.38. The third-order valence-electron chi connectivity index (χ3n) is 3.22. The molecule has 1 fully saturated rings. The first-order valence-electron chi connectivity index (χ1n) is 6.51. The zero-order valence-electron chi connectivity index (χ0n) is 10.9.